The summed E-state index contributed by atoms with van der Waals surface area (Å²) in [6, 6.07) is 5.97. The minimum atomic E-state index is -0.403. The van der Waals surface area contributed by atoms with Crippen molar-refractivity contribution in [3.05, 3.63) is 26.9 Å². The minimum absolute atomic E-state index is 0.153. The van der Waals surface area contributed by atoms with Crippen molar-refractivity contribution in [3.63, 3.8) is 0 Å². The predicted molar refractivity (Wildman–Crippen MR) is 110 cm³/mol. The van der Waals surface area contributed by atoms with Crippen molar-refractivity contribution in [2.24, 2.45) is 5.92 Å². The number of benzene rings is 1. The molecule has 1 aliphatic rings. The maximum Gasteiger partial charge on any atom is 0.228 e. The number of rotatable bonds is 4. The number of anilines is 1. The molecule has 3 rings (SSSR count). The van der Waals surface area contributed by atoms with Gasteiger partial charge in [0.15, 0.2) is 0 Å². The molecule has 1 aliphatic heterocycles. The summed E-state index contributed by atoms with van der Waals surface area (Å²) in [4.78, 5) is 16.2. The van der Waals surface area contributed by atoms with E-state index in [1.807, 2.05) is 30.0 Å². The number of carbonyl (C=O) groups excluding carboxylic acids is 1. The maximum absolute atomic E-state index is 13.1. The number of fused-ring (bicyclic) bond motifs is 3. The Bertz CT molecular complexity index is 864. The van der Waals surface area contributed by atoms with Gasteiger partial charge in [0.05, 0.1) is 22.7 Å². The van der Waals surface area contributed by atoms with Crippen molar-refractivity contribution >= 4 is 44.5 Å². The van der Waals surface area contributed by atoms with Crippen LogP contribution in [0.5, 0.6) is 5.75 Å². The van der Waals surface area contributed by atoms with E-state index in [2.05, 4.69) is 27.7 Å². The zero-order chi connectivity index (χ0) is 18.4. The van der Waals surface area contributed by atoms with Crippen LogP contribution in [0, 0.1) is 9.74 Å². The van der Waals surface area contributed by atoms with Gasteiger partial charge >= 0.3 is 0 Å². The predicted octanol–water partition coefficient (Wildman–Crippen LogP) is 6.23. The molecule has 0 radical (unpaired) electrons. The van der Waals surface area contributed by atoms with E-state index in [-0.39, 0.29) is 5.91 Å². The van der Waals surface area contributed by atoms with E-state index in [1.54, 1.807) is 20.7 Å². The third kappa shape index (κ3) is 3.15. The second-order valence-electron chi connectivity index (χ2n) is 7.16. The number of hydrogen-bond acceptors (Lipinski definition) is 5. The van der Waals surface area contributed by atoms with Gasteiger partial charge < -0.3 is 9.64 Å². The third-order valence-electron chi connectivity index (χ3n) is 4.37. The zero-order valence-electron chi connectivity index (χ0n) is 15.2. The van der Waals surface area contributed by atoms with Crippen molar-refractivity contribution < 1.29 is 9.53 Å². The van der Waals surface area contributed by atoms with Crippen molar-refractivity contribution in [1.29, 1.82) is 0 Å². The molecular weight excluding hydrogens is 370 g/mol. The summed E-state index contributed by atoms with van der Waals surface area (Å²) in [5, 5.41) is 0. The van der Waals surface area contributed by atoms with Crippen LogP contribution in [0.15, 0.2) is 18.2 Å². The maximum atomic E-state index is 13.1. The topological polar surface area (TPSA) is 29.5 Å². The van der Waals surface area contributed by atoms with Crippen LogP contribution in [0.1, 0.15) is 45.9 Å². The van der Waals surface area contributed by atoms with Gasteiger partial charge in [-0.25, -0.2) is 0 Å². The quantitative estimate of drug-likeness (QED) is 0.455. The molecule has 1 amide bonds. The monoisotopic (exact) mass is 393 g/mol. The van der Waals surface area contributed by atoms with Gasteiger partial charge in [-0.15, -0.1) is 0 Å². The Kier molecular flexibility index (Phi) is 5.06. The Morgan fingerprint density at radius 1 is 1.32 bits per heavy atom. The lowest BCUT2D eigenvalue weighted by atomic mass is 9.86. The standard InChI is InChI=1S/C19H23NO2S3/c1-6-22-12-7-8-14-13(10-12)16-17(24-25-18(16)23)19(4,5)20(14)15(21)9-11(2)3/h7-8,10-11H,6,9H2,1-5H3. The average Bonchev–Trinajstić information content (AvgIpc) is 2.90. The van der Waals surface area contributed by atoms with Crippen molar-refractivity contribution in [1.82, 2.24) is 0 Å². The van der Waals surface area contributed by atoms with Crippen LogP contribution >= 0.6 is 32.9 Å². The van der Waals surface area contributed by atoms with E-state index in [0.29, 0.717) is 18.9 Å². The van der Waals surface area contributed by atoms with Gasteiger partial charge in [-0.05, 0) is 44.9 Å². The molecule has 3 nitrogen and oxygen atoms in total. The molecule has 0 unspecified atom stereocenters. The number of hydrogen-bond donors (Lipinski definition) is 0. The Morgan fingerprint density at radius 2 is 2.04 bits per heavy atom. The molecule has 2 heterocycles. The third-order valence-corrected chi connectivity index (χ3v) is 7.70. The summed E-state index contributed by atoms with van der Waals surface area (Å²) in [5.74, 6) is 1.28. The fourth-order valence-electron chi connectivity index (χ4n) is 3.35. The molecule has 0 spiro atoms. The zero-order valence-corrected chi connectivity index (χ0v) is 17.7. The molecule has 134 valence electrons. The molecule has 0 atom stereocenters. The molecule has 0 aliphatic carbocycles. The molecule has 1 aromatic carbocycles. The fraction of sp³-hybridized carbons (Fsp3) is 0.474. The molecule has 2 aromatic rings. The van der Waals surface area contributed by atoms with Gasteiger partial charge in [0, 0.05) is 17.5 Å². The van der Waals surface area contributed by atoms with Gasteiger partial charge in [0.1, 0.15) is 9.57 Å². The highest BCUT2D eigenvalue weighted by Crippen LogP contribution is 2.53. The lowest BCUT2D eigenvalue weighted by Crippen LogP contribution is -2.48. The summed E-state index contributed by atoms with van der Waals surface area (Å²) in [6.45, 7) is 11.0. The molecule has 1 aromatic heterocycles. The highest BCUT2D eigenvalue weighted by atomic mass is 32.9. The molecule has 25 heavy (non-hydrogen) atoms. The van der Waals surface area contributed by atoms with Crippen molar-refractivity contribution in [2.75, 3.05) is 11.5 Å². The van der Waals surface area contributed by atoms with Gasteiger partial charge in [0.25, 0.3) is 0 Å². The number of carbonyl (C=O) groups is 1. The number of nitrogens with zero attached hydrogens (tertiary/aromatic N) is 1. The van der Waals surface area contributed by atoms with E-state index in [0.717, 1.165) is 26.4 Å². The largest absolute Gasteiger partial charge is 0.494 e. The lowest BCUT2D eigenvalue weighted by Gasteiger charge is -2.43. The summed E-state index contributed by atoms with van der Waals surface area (Å²) in [7, 11) is 3.30. The van der Waals surface area contributed by atoms with Gasteiger partial charge in [0.2, 0.25) is 5.91 Å². The Morgan fingerprint density at radius 3 is 2.68 bits per heavy atom. The molecule has 0 bridgehead atoms. The van der Waals surface area contributed by atoms with Crippen LogP contribution in [-0.2, 0) is 10.3 Å². The second-order valence-corrected chi connectivity index (χ2v) is 9.97. The van der Waals surface area contributed by atoms with Crippen LogP contribution in [0.25, 0.3) is 11.1 Å². The molecule has 0 N–H and O–H groups in total. The first kappa shape index (κ1) is 18.5. The summed E-state index contributed by atoms with van der Waals surface area (Å²) in [5.41, 5.74) is 2.64. The minimum Gasteiger partial charge on any atom is -0.494 e. The average molecular weight is 394 g/mol. The molecular formula is C19H23NO2S3. The van der Waals surface area contributed by atoms with Crippen LogP contribution < -0.4 is 9.64 Å². The fourth-order valence-corrected chi connectivity index (χ4v) is 6.63. The van der Waals surface area contributed by atoms with Crippen LogP contribution in [0.3, 0.4) is 0 Å². The Labute approximate surface area is 161 Å². The lowest BCUT2D eigenvalue weighted by molar-refractivity contribution is -0.120. The first-order chi connectivity index (χ1) is 11.8. The summed E-state index contributed by atoms with van der Waals surface area (Å²) >= 11 is 5.62. The summed E-state index contributed by atoms with van der Waals surface area (Å²) < 4.78 is 6.57. The van der Waals surface area contributed by atoms with Crippen molar-refractivity contribution in [2.45, 2.75) is 46.6 Å². The highest BCUT2D eigenvalue weighted by Gasteiger charge is 2.42. The number of ether oxygens (including phenoxy) is 1. The first-order valence-corrected chi connectivity index (χ1v) is 11.1. The van der Waals surface area contributed by atoms with E-state index in [4.69, 9.17) is 17.0 Å². The molecule has 0 fully saturated rings. The van der Waals surface area contributed by atoms with Crippen LogP contribution in [-0.4, -0.2) is 12.5 Å². The van der Waals surface area contributed by atoms with E-state index < -0.39 is 5.54 Å². The summed E-state index contributed by atoms with van der Waals surface area (Å²) in [6.07, 6.45) is 0.529. The van der Waals surface area contributed by atoms with Crippen LogP contribution in [0.4, 0.5) is 5.69 Å². The first-order valence-electron chi connectivity index (χ1n) is 8.51. The molecule has 0 saturated carbocycles. The Hall–Kier alpha value is -1.24. The van der Waals surface area contributed by atoms with E-state index >= 15 is 0 Å². The van der Waals surface area contributed by atoms with Crippen molar-refractivity contribution in [3.8, 4) is 16.9 Å². The molecule has 6 heteroatoms. The molecule has 0 saturated heterocycles. The smallest absolute Gasteiger partial charge is 0.228 e. The number of amides is 1. The van der Waals surface area contributed by atoms with E-state index in [9.17, 15) is 4.79 Å². The normalized spacial score (nSPS) is 15.0. The van der Waals surface area contributed by atoms with Gasteiger partial charge in [-0.1, -0.05) is 46.7 Å². The van der Waals surface area contributed by atoms with E-state index in [1.165, 1.54) is 4.88 Å². The highest BCUT2D eigenvalue weighted by molar-refractivity contribution is 7.80. The SMILES string of the molecule is CCOc1ccc2c(c1)-c1c(ssc1=S)C(C)(C)N2C(=O)CC(C)C. The second kappa shape index (κ2) is 6.82. The van der Waals surface area contributed by atoms with Gasteiger partial charge in [-0.3, -0.25) is 4.79 Å². The van der Waals surface area contributed by atoms with Gasteiger partial charge in [-0.2, -0.15) is 0 Å². The Balaban J connectivity index is 2.23. The van der Waals surface area contributed by atoms with Crippen LogP contribution in [0.2, 0.25) is 0 Å².